The molecule has 2 N–H and O–H groups in total. The summed E-state index contributed by atoms with van der Waals surface area (Å²) in [5, 5.41) is 2.72. The first-order valence-corrected chi connectivity index (χ1v) is 8.28. The van der Waals surface area contributed by atoms with Gasteiger partial charge < -0.3 is 10.2 Å². The largest absolute Gasteiger partial charge is 0.341 e. The van der Waals surface area contributed by atoms with Gasteiger partial charge in [-0.05, 0) is 18.2 Å². The molecule has 0 aromatic heterocycles. The summed E-state index contributed by atoms with van der Waals surface area (Å²) in [4.78, 5) is 24.6. The van der Waals surface area contributed by atoms with Crippen LogP contribution in [0.15, 0.2) is 24.3 Å². The number of hydrogen-bond donors (Lipinski definition) is 2. The van der Waals surface area contributed by atoms with Gasteiger partial charge in [0.05, 0.1) is 17.9 Å². The minimum atomic E-state index is -3.36. The molecule has 0 radical (unpaired) electrons. The molecule has 8 heteroatoms. The number of benzene rings is 1. The Hall–Kier alpha value is -2.09. The van der Waals surface area contributed by atoms with E-state index in [0.29, 0.717) is 24.5 Å². The first-order chi connectivity index (χ1) is 9.74. The lowest BCUT2D eigenvalue weighted by Crippen LogP contribution is -2.53. The van der Waals surface area contributed by atoms with E-state index in [9.17, 15) is 18.0 Å². The first-order valence-electron chi connectivity index (χ1n) is 6.39. The highest BCUT2D eigenvalue weighted by Gasteiger charge is 2.34. The monoisotopic (exact) mass is 311 g/mol. The van der Waals surface area contributed by atoms with Crippen molar-refractivity contribution >= 4 is 33.2 Å². The van der Waals surface area contributed by atoms with E-state index in [1.54, 1.807) is 29.2 Å². The Labute approximate surface area is 123 Å². The van der Waals surface area contributed by atoms with E-state index in [4.69, 9.17) is 0 Å². The molecule has 1 aromatic carbocycles. The highest BCUT2D eigenvalue weighted by molar-refractivity contribution is 7.92. The minimum Gasteiger partial charge on any atom is -0.341 e. The summed E-state index contributed by atoms with van der Waals surface area (Å²) < 4.78 is 24.7. The molecule has 114 valence electrons. The summed E-state index contributed by atoms with van der Waals surface area (Å²) in [6.07, 6.45) is 1.06. The van der Waals surface area contributed by atoms with Crippen molar-refractivity contribution in [2.45, 2.75) is 6.92 Å². The second-order valence-corrected chi connectivity index (χ2v) is 6.81. The molecule has 0 bridgehead atoms. The molecule has 2 amide bonds. The van der Waals surface area contributed by atoms with Crippen LogP contribution in [-0.2, 0) is 19.6 Å². The summed E-state index contributed by atoms with van der Waals surface area (Å²) in [5.41, 5.74) is 0.893. The Balaban J connectivity index is 1.96. The molecule has 0 atom stereocenters. The molecule has 1 aliphatic heterocycles. The van der Waals surface area contributed by atoms with E-state index in [1.165, 1.54) is 6.92 Å². The van der Waals surface area contributed by atoms with Crippen LogP contribution in [-0.4, -0.2) is 44.5 Å². The molecule has 0 aliphatic carbocycles. The highest BCUT2D eigenvalue weighted by atomic mass is 32.2. The molecular formula is C13H17N3O4S. The summed E-state index contributed by atoms with van der Waals surface area (Å²) in [6, 6.07) is 6.45. The number of carbonyl (C=O) groups is 2. The number of nitrogens with zero attached hydrogens (tertiary/aromatic N) is 1. The predicted octanol–water partition coefficient (Wildman–Crippen LogP) is 0.475. The number of nitrogens with one attached hydrogen (secondary N) is 2. The van der Waals surface area contributed by atoms with Crippen LogP contribution in [0.2, 0.25) is 0 Å². The van der Waals surface area contributed by atoms with Crippen LogP contribution in [0.25, 0.3) is 0 Å². The average Bonchev–Trinajstić information content (AvgIpc) is 2.23. The molecule has 1 fully saturated rings. The van der Waals surface area contributed by atoms with E-state index in [2.05, 4.69) is 10.0 Å². The normalized spacial score (nSPS) is 15.2. The maximum atomic E-state index is 12.0. The van der Waals surface area contributed by atoms with Crippen LogP contribution in [0.1, 0.15) is 6.92 Å². The number of rotatable bonds is 4. The Morgan fingerprint density at radius 3 is 2.43 bits per heavy atom. The molecule has 1 aliphatic rings. The van der Waals surface area contributed by atoms with Crippen molar-refractivity contribution in [3.63, 3.8) is 0 Å². The van der Waals surface area contributed by atoms with Crippen LogP contribution >= 0.6 is 0 Å². The van der Waals surface area contributed by atoms with Crippen molar-refractivity contribution in [2.75, 3.05) is 29.4 Å². The summed E-state index contributed by atoms with van der Waals surface area (Å²) in [5.74, 6) is -0.442. The first kappa shape index (κ1) is 15.3. The quantitative estimate of drug-likeness (QED) is 0.845. The lowest BCUT2D eigenvalue weighted by atomic mass is 9.99. The van der Waals surface area contributed by atoms with Gasteiger partial charge in [-0.3, -0.25) is 14.3 Å². The van der Waals surface area contributed by atoms with E-state index in [-0.39, 0.29) is 17.7 Å². The maximum absolute atomic E-state index is 12.0. The predicted molar refractivity (Wildman–Crippen MR) is 79.3 cm³/mol. The van der Waals surface area contributed by atoms with Crippen molar-refractivity contribution in [1.82, 2.24) is 4.90 Å². The molecule has 1 saturated heterocycles. The molecule has 2 rings (SSSR count). The van der Waals surface area contributed by atoms with Crippen LogP contribution in [0.5, 0.6) is 0 Å². The number of amides is 2. The molecule has 0 saturated carbocycles. The maximum Gasteiger partial charge on any atom is 0.231 e. The van der Waals surface area contributed by atoms with Crippen LogP contribution in [0.4, 0.5) is 11.4 Å². The van der Waals surface area contributed by atoms with E-state index in [0.717, 1.165) is 6.26 Å². The van der Waals surface area contributed by atoms with Crippen LogP contribution in [0.3, 0.4) is 0 Å². The fourth-order valence-electron chi connectivity index (χ4n) is 2.02. The second kappa shape index (κ2) is 5.72. The van der Waals surface area contributed by atoms with Crippen LogP contribution < -0.4 is 10.0 Å². The van der Waals surface area contributed by atoms with Crippen molar-refractivity contribution in [3.8, 4) is 0 Å². The molecule has 0 unspecified atom stereocenters. The number of sulfonamides is 1. The lowest BCUT2D eigenvalue weighted by molar-refractivity contribution is -0.139. The van der Waals surface area contributed by atoms with Gasteiger partial charge in [-0.1, -0.05) is 6.07 Å². The molecule has 1 heterocycles. The fraction of sp³-hybridized carbons (Fsp3) is 0.385. The van der Waals surface area contributed by atoms with Crippen LogP contribution in [0, 0.1) is 5.92 Å². The van der Waals surface area contributed by atoms with Gasteiger partial charge in [0.1, 0.15) is 0 Å². The van der Waals surface area contributed by atoms with Gasteiger partial charge in [0.2, 0.25) is 21.8 Å². The van der Waals surface area contributed by atoms with Crippen molar-refractivity contribution in [1.29, 1.82) is 0 Å². The summed E-state index contributed by atoms with van der Waals surface area (Å²) in [6.45, 7) is 2.30. The fourth-order valence-corrected chi connectivity index (χ4v) is 2.58. The lowest BCUT2D eigenvalue weighted by Gasteiger charge is -2.37. The zero-order valence-corrected chi connectivity index (χ0v) is 12.6. The Morgan fingerprint density at radius 2 is 1.86 bits per heavy atom. The number of anilines is 2. The Morgan fingerprint density at radius 1 is 1.24 bits per heavy atom. The molecule has 21 heavy (non-hydrogen) atoms. The number of hydrogen-bond acceptors (Lipinski definition) is 4. The van der Waals surface area contributed by atoms with Crippen molar-refractivity contribution < 1.29 is 18.0 Å². The molecule has 1 aromatic rings. The molecular weight excluding hydrogens is 294 g/mol. The molecule has 0 spiro atoms. The van der Waals surface area contributed by atoms with Gasteiger partial charge in [-0.2, -0.15) is 0 Å². The molecule has 7 nitrogen and oxygen atoms in total. The zero-order valence-electron chi connectivity index (χ0n) is 11.8. The SMILES string of the molecule is CC(=O)N1CC(C(=O)Nc2cccc(NS(C)(=O)=O)c2)C1. The second-order valence-electron chi connectivity index (χ2n) is 5.07. The van der Waals surface area contributed by atoms with E-state index >= 15 is 0 Å². The highest BCUT2D eigenvalue weighted by Crippen LogP contribution is 2.20. The van der Waals surface area contributed by atoms with Gasteiger partial charge in [-0.25, -0.2) is 8.42 Å². The zero-order chi connectivity index (χ0) is 15.6. The average molecular weight is 311 g/mol. The summed E-state index contributed by atoms with van der Waals surface area (Å²) in [7, 11) is -3.36. The van der Waals surface area contributed by atoms with E-state index < -0.39 is 10.0 Å². The minimum absolute atomic E-state index is 0.0431. The van der Waals surface area contributed by atoms with Gasteiger partial charge in [0, 0.05) is 25.7 Å². The number of carbonyl (C=O) groups excluding carboxylic acids is 2. The topological polar surface area (TPSA) is 95.6 Å². The van der Waals surface area contributed by atoms with Gasteiger partial charge in [0.25, 0.3) is 0 Å². The van der Waals surface area contributed by atoms with Gasteiger partial charge >= 0.3 is 0 Å². The third kappa shape index (κ3) is 4.19. The van der Waals surface area contributed by atoms with Crippen molar-refractivity contribution in [2.24, 2.45) is 5.92 Å². The Bertz CT molecular complexity index is 666. The van der Waals surface area contributed by atoms with E-state index in [1.807, 2.05) is 0 Å². The summed E-state index contributed by atoms with van der Waals surface area (Å²) >= 11 is 0. The third-order valence-electron chi connectivity index (χ3n) is 3.13. The third-order valence-corrected chi connectivity index (χ3v) is 3.74. The smallest absolute Gasteiger partial charge is 0.231 e. The van der Waals surface area contributed by atoms with Gasteiger partial charge in [-0.15, -0.1) is 0 Å². The number of likely N-dealkylation sites (tertiary alicyclic amines) is 1. The standard InChI is InChI=1S/C13H17N3O4S/c1-9(17)16-7-10(8-16)13(18)14-11-4-3-5-12(6-11)15-21(2,19)20/h3-6,10,15H,7-8H2,1-2H3,(H,14,18). The van der Waals surface area contributed by atoms with Crippen molar-refractivity contribution in [3.05, 3.63) is 24.3 Å². The Kier molecular flexibility index (Phi) is 4.17. The van der Waals surface area contributed by atoms with Gasteiger partial charge in [0.15, 0.2) is 0 Å².